The fourth-order valence-corrected chi connectivity index (χ4v) is 1.79. The lowest BCUT2D eigenvalue weighted by Gasteiger charge is -2.23. The van der Waals surface area contributed by atoms with Gasteiger partial charge in [0.05, 0.1) is 5.60 Å². The highest BCUT2D eigenvalue weighted by Gasteiger charge is 2.58. The fourth-order valence-electron chi connectivity index (χ4n) is 1.79. The molecule has 1 spiro atoms. The Labute approximate surface area is 55.3 Å². The monoisotopic (exact) mass is 127 g/mol. The van der Waals surface area contributed by atoms with Gasteiger partial charge in [-0.3, -0.25) is 0 Å². The number of nitrogens with one attached hydrogen (secondary N) is 1. The SMILES string of the molecule is CC1(O)CNCC12CC2. The normalized spacial score (nSPS) is 46.0. The van der Waals surface area contributed by atoms with Gasteiger partial charge >= 0.3 is 0 Å². The third-order valence-electron chi connectivity index (χ3n) is 2.93. The summed E-state index contributed by atoms with van der Waals surface area (Å²) < 4.78 is 0. The summed E-state index contributed by atoms with van der Waals surface area (Å²) in [4.78, 5) is 0. The Balaban J connectivity index is 2.23. The van der Waals surface area contributed by atoms with Gasteiger partial charge in [0.1, 0.15) is 0 Å². The molecule has 0 aromatic rings. The summed E-state index contributed by atoms with van der Waals surface area (Å²) in [5.41, 5.74) is -0.125. The van der Waals surface area contributed by atoms with E-state index in [0.717, 1.165) is 13.1 Å². The number of β-amino-alcohol motifs (C(OH)–C–C–N with tert-alkyl or cyclic N) is 1. The van der Waals surface area contributed by atoms with Crippen LogP contribution in [0, 0.1) is 5.41 Å². The van der Waals surface area contributed by atoms with Gasteiger partial charge in [0, 0.05) is 18.5 Å². The highest BCUT2D eigenvalue weighted by molar-refractivity contribution is 5.12. The van der Waals surface area contributed by atoms with Crippen molar-refractivity contribution in [2.45, 2.75) is 25.4 Å². The van der Waals surface area contributed by atoms with Crippen molar-refractivity contribution in [1.82, 2.24) is 5.32 Å². The molecule has 2 N–H and O–H groups in total. The van der Waals surface area contributed by atoms with Gasteiger partial charge in [0.15, 0.2) is 0 Å². The molecule has 1 heterocycles. The van der Waals surface area contributed by atoms with Crippen molar-refractivity contribution in [1.29, 1.82) is 0 Å². The molecule has 2 heteroatoms. The van der Waals surface area contributed by atoms with Crippen LogP contribution >= 0.6 is 0 Å². The zero-order valence-corrected chi connectivity index (χ0v) is 5.78. The van der Waals surface area contributed by atoms with Crippen LogP contribution in [0.3, 0.4) is 0 Å². The minimum absolute atomic E-state index is 0.285. The third-order valence-corrected chi connectivity index (χ3v) is 2.93. The van der Waals surface area contributed by atoms with E-state index in [1.807, 2.05) is 6.92 Å². The average Bonchev–Trinajstić information content (AvgIpc) is 2.41. The van der Waals surface area contributed by atoms with Crippen molar-refractivity contribution in [3.8, 4) is 0 Å². The van der Waals surface area contributed by atoms with Crippen molar-refractivity contribution >= 4 is 0 Å². The molecule has 0 bridgehead atoms. The second kappa shape index (κ2) is 1.32. The number of hydrogen-bond acceptors (Lipinski definition) is 2. The van der Waals surface area contributed by atoms with Gasteiger partial charge in [-0.1, -0.05) is 0 Å². The molecule has 0 aromatic carbocycles. The average molecular weight is 127 g/mol. The Kier molecular flexibility index (Phi) is 0.837. The predicted molar refractivity (Wildman–Crippen MR) is 35.2 cm³/mol. The lowest BCUT2D eigenvalue weighted by atomic mass is 9.90. The Bertz CT molecular complexity index is 134. The Morgan fingerprint density at radius 1 is 1.33 bits per heavy atom. The molecule has 0 amide bonds. The summed E-state index contributed by atoms with van der Waals surface area (Å²) in [6.45, 7) is 3.76. The van der Waals surface area contributed by atoms with Crippen molar-refractivity contribution in [3.05, 3.63) is 0 Å². The van der Waals surface area contributed by atoms with Crippen molar-refractivity contribution < 1.29 is 5.11 Å². The van der Waals surface area contributed by atoms with Gasteiger partial charge < -0.3 is 10.4 Å². The molecule has 0 radical (unpaired) electrons. The summed E-state index contributed by atoms with van der Waals surface area (Å²) in [6.07, 6.45) is 2.43. The Morgan fingerprint density at radius 2 is 2.00 bits per heavy atom. The molecule has 1 aliphatic carbocycles. The standard InChI is InChI=1S/C7H13NO/c1-6(9)4-8-5-7(6)2-3-7/h8-9H,2-5H2,1H3. The minimum atomic E-state index is -0.410. The molecular weight excluding hydrogens is 114 g/mol. The van der Waals surface area contributed by atoms with Crippen molar-refractivity contribution in [2.24, 2.45) is 5.41 Å². The zero-order chi connectivity index (χ0) is 6.54. The first-order chi connectivity index (χ1) is 4.16. The van der Waals surface area contributed by atoms with E-state index in [1.54, 1.807) is 0 Å². The molecular formula is C7H13NO. The predicted octanol–water partition coefficient (Wildman–Crippen LogP) is 0.121. The quantitative estimate of drug-likeness (QED) is 0.484. The summed E-state index contributed by atoms with van der Waals surface area (Å²) in [5, 5.41) is 12.9. The first kappa shape index (κ1) is 5.69. The van der Waals surface area contributed by atoms with Crippen LogP contribution in [0.2, 0.25) is 0 Å². The van der Waals surface area contributed by atoms with E-state index in [0.29, 0.717) is 0 Å². The van der Waals surface area contributed by atoms with Gasteiger partial charge in [0.25, 0.3) is 0 Å². The van der Waals surface area contributed by atoms with Crippen LogP contribution < -0.4 is 5.32 Å². The summed E-state index contributed by atoms with van der Waals surface area (Å²) in [5.74, 6) is 0. The lowest BCUT2D eigenvalue weighted by molar-refractivity contribution is 0.0237. The van der Waals surface area contributed by atoms with E-state index in [-0.39, 0.29) is 5.41 Å². The molecule has 1 unspecified atom stereocenters. The first-order valence-electron chi connectivity index (χ1n) is 3.59. The maximum absolute atomic E-state index is 9.72. The van der Waals surface area contributed by atoms with Crippen LogP contribution in [0.5, 0.6) is 0 Å². The largest absolute Gasteiger partial charge is 0.388 e. The second-order valence-corrected chi connectivity index (χ2v) is 3.66. The molecule has 1 aliphatic heterocycles. The van der Waals surface area contributed by atoms with Crippen molar-refractivity contribution in [3.63, 3.8) is 0 Å². The molecule has 52 valence electrons. The minimum Gasteiger partial charge on any atom is -0.388 e. The highest BCUT2D eigenvalue weighted by Crippen LogP contribution is 2.55. The van der Waals surface area contributed by atoms with E-state index in [1.165, 1.54) is 12.8 Å². The molecule has 1 saturated heterocycles. The summed E-state index contributed by atoms with van der Waals surface area (Å²) in [6, 6.07) is 0. The number of hydrogen-bond donors (Lipinski definition) is 2. The Morgan fingerprint density at radius 3 is 2.22 bits per heavy atom. The second-order valence-electron chi connectivity index (χ2n) is 3.66. The summed E-state index contributed by atoms with van der Waals surface area (Å²) in [7, 11) is 0. The number of rotatable bonds is 0. The highest BCUT2D eigenvalue weighted by atomic mass is 16.3. The topological polar surface area (TPSA) is 32.3 Å². The van der Waals surface area contributed by atoms with E-state index in [2.05, 4.69) is 5.32 Å². The molecule has 2 nitrogen and oxygen atoms in total. The van der Waals surface area contributed by atoms with Crippen LogP contribution in [0.25, 0.3) is 0 Å². The molecule has 9 heavy (non-hydrogen) atoms. The van der Waals surface area contributed by atoms with Gasteiger partial charge in [-0.2, -0.15) is 0 Å². The zero-order valence-electron chi connectivity index (χ0n) is 5.78. The third kappa shape index (κ3) is 0.578. The Hall–Kier alpha value is -0.0800. The van der Waals surface area contributed by atoms with Crippen LogP contribution in [-0.4, -0.2) is 23.8 Å². The van der Waals surface area contributed by atoms with Crippen molar-refractivity contribution in [2.75, 3.05) is 13.1 Å². The molecule has 1 saturated carbocycles. The molecule has 2 aliphatic rings. The van der Waals surface area contributed by atoms with E-state index in [4.69, 9.17) is 0 Å². The smallest absolute Gasteiger partial charge is 0.0811 e. The first-order valence-corrected chi connectivity index (χ1v) is 3.59. The lowest BCUT2D eigenvalue weighted by Crippen LogP contribution is -2.35. The van der Waals surface area contributed by atoms with Gasteiger partial charge in [-0.05, 0) is 19.8 Å². The van der Waals surface area contributed by atoms with Gasteiger partial charge in [0.2, 0.25) is 0 Å². The van der Waals surface area contributed by atoms with E-state index < -0.39 is 5.60 Å². The van der Waals surface area contributed by atoms with Gasteiger partial charge in [-0.25, -0.2) is 0 Å². The van der Waals surface area contributed by atoms with E-state index >= 15 is 0 Å². The van der Waals surface area contributed by atoms with Crippen LogP contribution in [0.1, 0.15) is 19.8 Å². The van der Waals surface area contributed by atoms with Crippen LogP contribution in [0.4, 0.5) is 0 Å². The van der Waals surface area contributed by atoms with Gasteiger partial charge in [-0.15, -0.1) is 0 Å². The number of aliphatic hydroxyl groups is 1. The molecule has 1 atom stereocenters. The molecule has 0 aromatic heterocycles. The van der Waals surface area contributed by atoms with Crippen LogP contribution in [0.15, 0.2) is 0 Å². The fraction of sp³-hybridized carbons (Fsp3) is 1.00. The van der Waals surface area contributed by atoms with E-state index in [9.17, 15) is 5.11 Å². The maximum Gasteiger partial charge on any atom is 0.0811 e. The molecule has 2 rings (SSSR count). The summed E-state index contributed by atoms with van der Waals surface area (Å²) >= 11 is 0. The van der Waals surface area contributed by atoms with Crippen LogP contribution in [-0.2, 0) is 0 Å². The maximum atomic E-state index is 9.72. The molecule has 2 fully saturated rings.